The van der Waals surface area contributed by atoms with Crippen molar-refractivity contribution in [3.63, 3.8) is 0 Å². The van der Waals surface area contributed by atoms with Crippen LogP contribution in [-0.2, 0) is 6.18 Å². The topological polar surface area (TPSA) is 37.8 Å². The molecule has 0 radical (unpaired) electrons. The average molecular weight is 344 g/mol. The first-order valence-electron chi connectivity index (χ1n) is 6.21. The molecule has 1 N–H and O–H groups in total. The highest BCUT2D eigenvalue weighted by Gasteiger charge is 2.29. The van der Waals surface area contributed by atoms with Gasteiger partial charge in [0.05, 0.1) is 10.9 Å². The van der Waals surface area contributed by atoms with Gasteiger partial charge in [-0.15, -0.1) is 11.3 Å². The number of fused-ring (bicyclic) bond motifs is 1. The van der Waals surface area contributed by atoms with Crippen molar-refractivity contribution in [2.24, 2.45) is 0 Å². The molecule has 0 bridgehead atoms. The van der Waals surface area contributed by atoms with Gasteiger partial charge >= 0.3 is 6.18 Å². The SMILES string of the molecule is Cc1cc2c(Nc3ccc(C(F)(F)F)cc3)nc(Cl)nc2s1. The van der Waals surface area contributed by atoms with Gasteiger partial charge in [0.1, 0.15) is 10.6 Å². The summed E-state index contributed by atoms with van der Waals surface area (Å²) in [5, 5.41) is 3.85. The number of hydrogen-bond donors (Lipinski definition) is 1. The molecule has 0 aliphatic rings. The van der Waals surface area contributed by atoms with Crippen LogP contribution in [0.1, 0.15) is 10.4 Å². The second-order valence-corrected chi connectivity index (χ2v) is 6.19. The van der Waals surface area contributed by atoms with Gasteiger partial charge in [-0.3, -0.25) is 0 Å². The van der Waals surface area contributed by atoms with E-state index in [0.717, 1.165) is 27.2 Å². The quantitative estimate of drug-likeness (QED) is 0.632. The summed E-state index contributed by atoms with van der Waals surface area (Å²) in [5.41, 5.74) is -0.205. The molecule has 0 spiro atoms. The number of anilines is 2. The van der Waals surface area contributed by atoms with E-state index in [9.17, 15) is 13.2 Å². The van der Waals surface area contributed by atoms with Crippen molar-refractivity contribution in [1.82, 2.24) is 9.97 Å². The standard InChI is InChI=1S/C14H9ClF3N3S/c1-7-6-10-11(20-13(15)21-12(10)22-7)19-9-4-2-8(3-5-9)14(16,17)18/h2-6H,1H3,(H,19,20,21). The molecular weight excluding hydrogens is 335 g/mol. The van der Waals surface area contributed by atoms with Crippen molar-refractivity contribution in [1.29, 1.82) is 0 Å². The lowest BCUT2D eigenvalue weighted by atomic mass is 10.2. The number of thiophene rings is 1. The first kappa shape index (κ1) is 15.1. The molecule has 2 aromatic heterocycles. The molecule has 3 nitrogen and oxygen atoms in total. The number of aryl methyl sites for hydroxylation is 1. The number of halogens is 4. The maximum absolute atomic E-state index is 12.6. The molecule has 0 aliphatic carbocycles. The molecule has 8 heteroatoms. The first-order valence-corrected chi connectivity index (χ1v) is 7.40. The van der Waals surface area contributed by atoms with E-state index in [-0.39, 0.29) is 5.28 Å². The van der Waals surface area contributed by atoms with Gasteiger partial charge in [0.25, 0.3) is 0 Å². The number of nitrogens with zero attached hydrogens (tertiary/aromatic N) is 2. The van der Waals surface area contributed by atoms with Crippen LogP contribution < -0.4 is 5.32 Å². The van der Waals surface area contributed by atoms with Gasteiger partial charge in [0.2, 0.25) is 5.28 Å². The monoisotopic (exact) mass is 343 g/mol. The van der Waals surface area contributed by atoms with Gasteiger partial charge in [0.15, 0.2) is 0 Å². The maximum atomic E-state index is 12.6. The summed E-state index contributed by atoms with van der Waals surface area (Å²) in [6.45, 7) is 1.93. The van der Waals surface area contributed by atoms with Crippen molar-refractivity contribution >= 4 is 44.7 Å². The van der Waals surface area contributed by atoms with Gasteiger partial charge in [-0.1, -0.05) is 0 Å². The van der Waals surface area contributed by atoms with Crippen molar-refractivity contribution in [2.75, 3.05) is 5.32 Å². The van der Waals surface area contributed by atoms with Crippen LogP contribution in [0.5, 0.6) is 0 Å². The fourth-order valence-electron chi connectivity index (χ4n) is 1.99. The minimum Gasteiger partial charge on any atom is -0.340 e. The van der Waals surface area contributed by atoms with E-state index in [1.807, 2.05) is 13.0 Å². The summed E-state index contributed by atoms with van der Waals surface area (Å²) in [6.07, 6.45) is -4.35. The van der Waals surface area contributed by atoms with Crippen LogP contribution in [-0.4, -0.2) is 9.97 Å². The van der Waals surface area contributed by atoms with Crippen LogP contribution in [0.2, 0.25) is 5.28 Å². The Morgan fingerprint density at radius 2 is 1.82 bits per heavy atom. The van der Waals surface area contributed by atoms with Crippen LogP contribution in [0.4, 0.5) is 24.7 Å². The molecule has 0 saturated heterocycles. The van der Waals surface area contributed by atoms with Gasteiger partial charge in [-0.2, -0.15) is 18.2 Å². The lowest BCUT2D eigenvalue weighted by Gasteiger charge is -2.09. The van der Waals surface area contributed by atoms with Gasteiger partial charge in [-0.05, 0) is 48.9 Å². The Bertz CT molecular complexity index is 828. The van der Waals surface area contributed by atoms with Gasteiger partial charge < -0.3 is 5.32 Å². The highest BCUT2D eigenvalue weighted by atomic mass is 35.5. The summed E-state index contributed by atoms with van der Waals surface area (Å²) in [5.74, 6) is 0.471. The second kappa shape index (κ2) is 5.40. The minimum absolute atomic E-state index is 0.0868. The Balaban J connectivity index is 1.96. The van der Waals surface area contributed by atoms with E-state index < -0.39 is 11.7 Å². The maximum Gasteiger partial charge on any atom is 0.416 e. The number of rotatable bonds is 2. The van der Waals surface area contributed by atoms with E-state index in [0.29, 0.717) is 11.5 Å². The largest absolute Gasteiger partial charge is 0.416 e. The molecule has 22 heavy (non-hydrogen) atoms. The van der Waals surface area contributed by atoms with Crippen LogP contribution in [0.3, 0.4) is 0 Å². The fraction of sp³-hybridized carbons (Fsp3) is 0.143. The Morgan fingerprint density at radius 3 is 2.45 bits per heavy atom. The minimum atomic E-state index is -4.35. The first-order chi connectivity index (χ1) is 10.3. The molecule has 0 fully saturated rings. The number of aromatic nitrogens is 2. The summed E-state index contributed by atoms with van der Waals surface area (Å²) in [6, 6.07) is 6.64. The highest BCUT2D eigenvalue weighted by molar-refractivity contribution is 7.18. The molecule has 1 aromatic carbocycles. The zero-order valence-electron chi connectivity index (χ0n) is 11.2. The average Bonchev–Trinajstić information content (AvgIpc) is 2.78. The molecule has 2 heterocycles. The fourth-order valence-corrected chi connectivity index (χ4v) is 3.09. The highest BCUT2D eigenvalue weighted by Crippen LogP contribution is 2.33. The van der Waals surface area contributed by atoms with E-state index in [2.05, 4.69) is 15.3 Å². The Hall–Kier alpha value is -1.86. The molecule has 0 unspecified atom stereocenters. The molecule has 3 aromatic rings. The number of alkyl halides is 3. The summed E-state index contributed by atoms with van der Waals surface area (Å²) in [7, 11) is 0. The number of nitrogens with one attached hydrogen (secondary N) is 1. The number of benzene rings is 1. The van der Waals surface area contributed by atoms with Crippen molar-refractivity contribution in [2.45, 2.75) is 13.1 Å². The lowest BCUT2D eigenvalue weighted by Crippen LogP contribution is -2.04. The van der Waals surface area contributed by atoms with Gasteiger partial charge in [-0.25, -0.2) is 4.98 Å². The molecule has 0 atom stereocenters. The van der Waals surface area contributed by atoms with Crippen LogP contribution in [0.25, 0.3) is 10.2 Å². The predicted molar refractivity (Wildman–Crippen MR) is 81.9 cm³/mol. The van der Waals surface area contributed by atoms with E-state index in [4.69, 9.17) is 11.6 Å². The zero-order chi connectivity index (χ0) is 15.9. The summed E-state index contributed by atoms with van der Waals surface area (Å²) >= 11 is 7.35. The van der Waals surface area contributed by atoms with Crippen molar-refractivity contribution in [3.05, 3.63) is 46.1 Å². The summed E-state index contributed by atoms with van der Waals surface area (Å²) < 4.78 is 37.7. The molecule has 114 valence electrons. The zero-order valence-corrected chi connectivity index (χ0v) is 12.8. The van der Waals surface area contributed by atoms with Crippen molar-refractivity contribution in [3.8, 4) is 0 Å². The lowest BCUT2D eigenvalue weighted by molar-refractivity contribution is -0.137. The Morgan fingerprint density at radius 1 is 1.14 bits per heavy atom. The molecule has 0 amide bonds. The molecular formula is C14H9ClF3N3S. The molecule has 3 rings (SSSR count). The molecule has 0 aliphatic heterocycles. The van der Waals surface area contributed by atoms with E-state index >= 15 is 0 Å². The Labute approximate surface area is 132 Å². The third-order valence-electron chi connectivity index (χ3n) is 2.96. The van der Waals surface area contributed by atoms with Crippen molar-refractivity contribution < 1.29 is 13.2 Å². The van der Waals surface area contributed by atoms with Crippen LogP contribution in [0, 0.1) is 6.92 Å². The number of hydrogen-bond acceptors (Lipinski definition) is 4. The smallest absolute Gasteiger partial charge is 0.340 e. The predicted octanol–water partition coefficient (Wildman–Crippen LogP) is 5.42. The van der Waals surface area contributed by atoms with Gasteiger partial charge in [0, 0.05) is 10.6 Å². The van der Waals surface area contributed by atoms with E-state index in [1.165, 1.54) is 23.5 Å². The van der Waals surface area contributed by atoms with E-state index in [1.54, 1.807) is 0 Å². The van der Waals surface area contributed by atoms with Crippen LogP contribution >= 0.6 is 22.9 Å². The third kappa shape index (κ3) is 3.00. The van der Waals surface area contributed by atoms with Crippen LogP contribution in [0.15, 0.2) is 30.3 Å². The third-order valence-corrected chi connectivity index (χ3v) is 4.08. The molecule has 0 saturated carbocycles. The summed E-state index contributed by atoms with van der Waals surface area (Å²) in [4.78, 5) is 10.0. The normalized spacial score (nSPS) is 11.9. The second-order valence-electron chi connectivity index (χ2n) is 4.62. The Kier molecular flexibility index (Phi) is 3.70.